The highest BCUT2D eigenvalue weighted by Gasteiger charge is 2.22. The van der Waals surface area contributed by atoms with Crippen molar-refractivity contribution in [3.05, 3.63) is 33.9 Å². The number of halogens is 2. The van der Waals surface area contributed by atoms with E-state index in [-0.39, 0.29) is 13.0 Å². The van der Waals surface area contributed by atoms with Gasteiger partial charge in [-0.15, -0.1) is 0 Å². The lowest BCUT2D eigenvalue weighted by molar-refractivity contribution is -0.384. The second-order valence-corrected chi connectivity index (χ2v) is 3.85. The minimum Gasteiger partial charge on any atom is -0.481 e. The van der Waals surface area contributed by atoms with E-state index < -0.39 is 40.0 Å². The summed E-state index contributed by atoms with van der Waals surface area (Å²) < 4.78 is 31.4. The van der Waals surface area contributed by atoms with Crippen LogP contribution in [0.15, 0.2) is 12.1 Å². The lowest BCUT2D eigenvalue weighted by Crippen LogP contribution is -2.25. The molecule has 2 N–H and O–H groups in total. The highest BCUT2D eigenvalue weighted by atomic mass is 19.2. The molecule has 0 fully saturated rings. The summed E-state index contributed by atoms with van der Waals surface area (Å²) in [6.07, 6.45) is -1.22. The molecular formula is C11H12F2N2O5. The highest BCUT2D eigenvalue weighted by Crippen LogP contribution is 2.29. The lowest BCUT2D eigenvalue weighted by atomic mass is 10.2. The second-order valence-electron chi connectivity index (χ2n) is 3.85. The van der Waals surface area contributed by atoms with Crippen molar-refractivity contribution < 1.29 is 28.3 Å². The van der Waals surface area contributed by atoms with E-state index in [0.29, 0.717) is 6.07 Å². The average Bonchev–Trinajstić information content (AvgIpc) is 2.37. The van der Waals surface area contributed by atoms with Crippen molar-refractivity contribution in [2.24, 2.45) is 0 Å². The molecule has 0 aliphatic carbocycles. The number of nitro benzene ring substituents is 1. The van der Waals surface area contributed by atoms with Crippen LogP contribution >= 0.6 is 0 Å². The quantitative estimate of drug-likeness (QED) is 0.586. The standard InChI is InChI=1S/C11H12F2N2O5/c1-20-6(4-9(16)17)5-14-11-8(15(18)19)3-2-7(12)10(11)13/h2-3,6,14H,4-5H2,1H3,(H,16,17). The Labute approximate surface area is 112 Å². The minimum absolute atomic E-state index is 0.218. The van der Waals surface area contributed by atoms with Gasteiger partial charge in [0.05, 0.1) is 17.4 Å². The van der Waals surface area contributed by atoms with Crippen LogP contribution in [-0.4, -0.2) is 35.8 Å². The zero-order valence-corrected chi connectivity index (χ0v) is 10.4. The first-order chi connectivity index (χ1) is 9.36. The summed E-state index contributed by atoms with van der Waals surface area (Å²) >= 11 is 0. The third-order valence-electron chi connectivity index (χ3n) is 2.51. The van der Waals surface area contributed by atoms with Crippen LogP contribution < -0.4 is 5.32 Å². The van der Waals surface area contributed by atoms with Crippen molar-refractivity contribution in [1.29, 1.82) is 0 Å². The molecule has 20 heavy (non-hydrogen) atoms. The number of nitrogens with one attached hydrogen (secondary N) is 1. The van der Waals surface area contributed by atoms with E-state index >= 15 is 0 Å². The predicted molar refractivity (Wildman–Crippen MR) is 64.6 cm³/mol. The van der Waals surface area contributed by atoms with Gasteiger partial charge < -0.3 is 15.2 Å². The van der Waals surface area contributed by atoms with Gasteiger partial charge in [0.1, 0.15) is 0 Å². The van der Waals surface area contributed by atoms with Crippen LogP contribution in [0.5, 0.6) is 0 Å². The van der Waals surface area contributed by atoms with E-state index in [0.717, 1.165) is 6.07 Å². The smallest absolute Gasteiger partial charge is 0.306 e. The molecule has 1 aromatic carbocycles. The van der Waals surface area contributed by atoms with Crippen LogP contribution in [0.2, 0.25) is 0 Å². The Bertz CT molecular complexity index is 524. The van der Waals surface area contributed by atoms with Crippen molar-refractivity contribution in [3.8, 4) is 0 Å². The van der Waals surface area contributed by atoms with E-state index in [4.69, 9.17) is 9.84 Å². The third kappa shape index (κ3) is 3.85. The van der Waals surface area contributed by atoms with Gasteiger partial charge in [-0.25, -0.2) is 8.78 Å². The number of methoxy groups -OCH3 is 1. The fraction of sp³-hybridized carbons (Fsp3) is 0.364. The van der Waals surface area contributed by atoms with Gasteiger partial charge in [0.15, 0.2) is 17.3 Å². The third-order valence-corrected chi connectivity index (χ3v) is 2.51. The SMILES string of the molecule is COC(CNc1c([N+](=O)[O-])ccc(F)c1F)CC(=O)O. The zero-order chi connectivity index (χ0) is 15.3. The van der Waals surface area contributed by atoms with Crippen LogP contribution in [0.1, 0.15) is 6.42 Å². The monoisotopic (exact) mass is 290 g/mol. The van der Waals surface area contributed by atoms with Crippen molar-refractivity contribution in [1.82, 2.24) is 0 Å². The summed E-state index contributed by atoms with van der Waals surface area (Å²) in [6.45, 7) is -0.218. The first kappa shape index (κ1) is 15.8. The number of nitrogens with zero attached hydrogens (tertiary/aromatic N) is 1. The van der Waals surface area contributed by atoms with Crippen molar-refractivity contribution >= 4 is 17.3 Å². The largest absolute Gasteiger partial charge is 0.481 e. The molecule has 1 rings (SSSR count). The number of aliphatic carboxylic acids is 1. The molecule has 0 aliphatic rings. The number of hydrogen-bond acceptors (Lipinski definition) is 5. The van der Waals surface area contributed by atoms with E-state index in [2.05, 4.69) is 5.32 Å². The van der Waals surface area contributed by atoms with E-state index in [1.807, 2.05) is 0 Å². The fourth-order valence-corrected chi connectivity index (χ4v) is 1.51. The molecule has 9 heteroatoms. The summed E-state index contributed by atoms with van der Waals surface area (Å²) in [4.78, 5) is 20.4. The molecule has 0 amide bonds. The molecule has 0 saturated carbocycles. The second kappa shape index (κ2) is 6.75. The average molecular weight is 290 g/mol. The molecule has 0 bridgehead atoms. The van der Waals surface area contributed by atoms with Crippen LogP contribution in [0.25, 0.3) is 0 Å². The molecule has 110 valence electrons. The maximum atomic E-state index is 13.5. The van der Waals surface area contributed by atoms with Gasteiger partial charge in [0.2, 0.25) is 0 Å². The number of ether oxygens (including phenoxy) is 1. The highest BCUT2D eigenvalue weighted by molar-refractivity contribution is 5.67. The van der Waals surface area contributed by atoms with Gasteiger partial charge in [-0.1, -0.05) is 0 Å². The summed E-state index contributed by atoms with van der Waals surface area (Å²) in [5, 5.41) is 21.6. The minimum atomic E-state index is -1.40. The Morgan fingerprint density at radius 1 is 1.55 bits per heavy atom. The van der Waals surface area contributed by atoms with Crippen molar-refractivity contribution in [3.63, 3.8) is 0 Å². The molecular weight excluding hydrogens is 278 g/mol. The molecule has 7 nitrogen and oxygen atoms in total. The summed E-state index contributed by atoms with van der Waals surface area (Å²) in [5.74, 6) is -3.79. The first-order valence-corrected chi connectivity index (χ1v) is 5.47. The zero-order valence-electron chi connectivity index (χ0n) is 10.4. The predicted octanol–water partition coefficient (Wildman–Crippen LogP) is 1.77. The molecule has 1 atom stereocenters. The van der Waals surface area contributed by atoms with E-state index in [1.54, 1.807) is 0 Å². The Morgan fingerprint density at radius 3 is 2.70 bits per heavy atom. The molecule has 0 saturated heterocycles. The van der Waals surface area contributed by atoms with E-state index in [9.17, 15) is 23.7 Å². The van der Waals surface area contributed by atoms with Gasteiger partial charge >= 0.3 is 5.97 Å². The summed E-state index contributed by atoms with van der Waals surface area (Å²) in [5.41, 5.74) is -1.28. The molecule has 0 heterocycles. The van der Waals surface area contributed by atoms with Crippen LogP contribution in [0, 0.1) is 21.7 Å². The van der Waals surface area contributed by atoms with Crippen molar-refractivity contribution in [2.75, 3.05) is 19.0 Å². The van der Waals surface area contributed by atoms with Crippen LogP contribution in [-0.2, 0) is 9.53 Å². The van der Waals surface area contributed by atoms with Gasteiger partial charge in [-0.05, 0) is 6.07 Å². The van der Waals surface area contributed by atoms with E-state index in [1.165, 1.54) is 7.11 Å². The molecule has 0 radical (unpaired) electrons. The van der Waals surface area contributed by atoms with Gasteiger partial charge in [-0.2, -0.15) is 0 Å². The number of carboxylic acids is 1. The number of carboxylic acid groups (broad SMARTS) is 1. The molecule has 0 spiro atoms. The Morgan fingerprint density at radius 2 is 2.20 bits per heavy atom. The topological polar surface area (TPSA) is 102 Å². The van der Waals surface area contributed by atoms with Gasteiger partial charge in [0.25, 0.3) is 5.69 Å². The fourth-order valence-electron chi connectivity index (χ4n) is 1.51. The molecule has 0 aromatic heterocycles. The maximum absolute atomic E-state index is 13.5. The number of nitro groups is 1. The van der Waals surface area contributed by atoms with Gasteiger partial charge in [-0.3, -0.25) is 14.9 Å². The lowest BCUT2D eigenvalue weighted by Gasteiger charge is -2.15. The van der Waals surface area contributed by atoms with Crippen molar-refractivity contribution in [2.45, 2.75) is 12.5 Å². The summed E-state index contributed by atoms with van der Waals surface area (Å²) in [6, 6.07) is 1.46. The Hall–Kier alpha value is -2.29. The molecule has 0 aliphatic heterocycles. The molecule has 1 aromatic rings. The number of carbonyl (C=O) groups is 1. The summed E-state index contributed by atoms with van der Waals surface area (Å²) in [7, 11) is 1.24. The number of anilines is 1. The van der Waals surface area contributed by atoms with Gasteiger partial charge in [0, 0.05) is 19.7 Å². The van der Waals surface area contributed by atoms with Crippen LogP contribution in [0.4, 0.5) is 20.2 Å². The number of rotatable bonds is 7. The molecule has 1 unspecified atom stereocenters. The first-order valence-electron chi connectivity index (χ1n) is 5.47. The Balaban J connectivity index is 2.93. The number of hydrogen-bond donors (Lipinski definition) is 2. The van der Waals surface area contributed by atoms with Crippen LogP contribution in [0.3, 0.4) is 0 Å². The normalized spacial score (nSPS) is 11.9. The Kier molecular flexibility index (Phi) is 5.32. The maximum Gasteiger partial charge on any atom is 0.306 e. The number of benzene rings is 1.